The van der Waals surface area contributed by atoms with E-state index in [0.717, 1.165) is 5.56 Å². The Kier molecular flexibility index (Phi) is 3.76. The number of aryl methyl sites for hydroxylation is 1. The second-order valence-electron chi connectivity index (χ2n) is 3.21. The van der Waals surface area contributed by atoms with Crippen LogP contribution in [0.3, 0.4) is 0 Å². The van der Waals surface area contributed by atoms with Gasteiger partial charge in [-0.2, -0.15) is 26.7 Å². The SMILES string of the molecule is Cc1ccc(S(=O)(=O)N/N=C\C(F)(F)F)cc1. The number of nitrogens with zero attached hydrogens (tertiary/aromatic N) is 1. The number of hydrazone groups is 1. The number of sulfonamides is 1. The Bertz CT molecular complexity index is 506. The lowest BCUT2D eigenvalue weighted by atomic mass is 10.2. The molecule has 0 bridgehead atoms. The Morgan fingerprint density at radius 2 is 1.76 bits per heavy atom. The summed E-state index contributed by atoms with van der Waals surface area (Å²) in [7, 11) is -4.05. The van der Waals surface area contributed by atoms with Crippen molar-refractivity contribution in [3.63, 3.8) is 0 Å². The summed E-state index contributed by atoms with van der Waals surface area (Å²) >= 11 is 0. The molecule has 0 aliphatic carbocycles. The van der Waals surface area contributed by atoms with Gasteiger partial charge < -0.3 is 0 Å². The summed E-state index contributed by atoms with van der Waals surface area (Å²) < 4.78 is 58.0. The minimum Gasteiger partial charge on any atom is -0.200 e. The van der Waals surface area contributed by atoms with Crippen LogP contribution in [0.4, 0.5) is 13.2 Å². The third-order valence-electron chi connectivity index (χ3n) is 1.72. The zero-order valence-corrected chi connectivity index (χ0v) is 9.51. The highest BCUT2D eigenvalue weighted by molar-refractivity contribution is 7.89. The van der Waals surface area contributed by atoms with E-state index in [1.165, 1.54) is 29.1 Å². The van der Waals surface area contributed by atoms with Gasteiger partial charge in [0.25, 0.3) is 10.0 Å². The fourth-order valence-corrected chi connectivity index (χ4v) is 1.73. The molecule has 0 radical (unpaired) electrons. The Morgan fingerprint density at radius 1 is 1.24 bits per heavy atom. The van der Waals surface area contributed by atoms with Crippen molar-refractivity contribution in [2.75, 3.05) is 0 Å². The van der Waals surface area contributed by atoms with E-state index in [9.17, 15) is 21.6 Å². The first-order chi connectivity index (χ1) is 7.71. The third kappa shape index (κ3) is 4.43. The first-order valence-corrected chi connectivity index (χ1v) is 5.88. The molecule has 0 amide bonds. The number of hydrogen-bond donors (Lipinski definition) is 1. The van der Waals surface area contributed by atoms with E-state index in [4.69, 9.17) is 0 Å². The minimum absolute atomic E-state index is 0.151. The van der Waals surface area contributed by atoms with Crippen LogP contribution >= 0.6 is 0 Å². The Morgan fingerprint density at radius 3 is 2.24 bits per heavy atom. The van der Waals surface area contributed by atoms with Gasteiger partial charge in [-0.3, -0.25) is 0 Å². The fourth-order valence-electron chi connectivity index (χ4n) is 0.939. The van der Waals surface area contributed by atoms with E-state index >= 15 is 0 Å². The maximum absolute atomic E-state index is 11.7. The molecule has 1 aromatic rings. The molecule has 17 heavy (non-hydrogen) atoms. The van der Waals surface area contributed by atoms with Gasteiger partial charge in [0.1, 0.15) is 6.21 Å². The molecule has 0 spiro atoms. The predicted octanol–water partition coefficient (Wildman–Crippen LogP) is 1.82. The zero-order chi connectivity index (χ0) is 13.1. The van der Waals surface area contributed by atoms with Gasteiger partial charge in [-0.25, -0.2) is 4.83 Å². The van der Waals surface area contributed by atoms with E-state index in [1.54, 1.807) is 6.92 Å². The fraction of sp³-hybridized carbons (Fsp3) is 0.222. The van der Waals surface area contributed by atoms with E-state index < -0.39 is 22.4 Å². The normalized spacial score (nSPS) is 12.9. The van der Waals surface area contributed by atoms with Crippen molar-refractivity contribution >= 4 is 16.2 Å². The van der Waals surface area contributed by atoms with Crippen LogP contribution in [0.2, 0.25) is 0 Å². The summed E-state index contributed by atoms with van der Waals surface area (Å²) in [6.45, 7) is 1.76. The van der Waals surface area contributed by atoms with Crippen LogP contribution in [0, 0.1) is 6.92 Å². The molecule has 4 nitrogen and oxygen atoms in total. The smallest absolute Gasteiger partial charge is 0.200 e. The molecule has 0 fully saturated rings. The lowest BCUT2D eigenvalue weighted by molar-refractivity contribution is -0.0538. The Hall–Kier alpha value is -1.57. The third-order valence-corrected chi connectivity index (χ3v) is 2.95. The van der Waals surface area contributed by atoms with Gasteiger partial charge >= 0.3 is 6.18 Å². The molecule has 0 aromatic heterocycles. The van der Waals surface area contributed by atoms with Crippen molar-refractivity contribution < 1.29 is 21.6 Å². The van der Waals surface area contributed by atoms with Crippen LogP contribution in [0.15, 0.2) is 34.3 Å². The summed E-state index contributed by atoms with van der Waals surface area (Å²) in [6, 6.07) is 5.62. The number of hydrogen-bond acceptors (Lipinski definition) is 3. The topological polar surface area (TPSA) is 58.5 Å². The van der Waals surface area contributed by atoms with Crippen molar-refractivity contribution in [1.82, 2.24) is 4.83 Å². The molecule has 0 aliphatic rings. The molecular formula is C9H9F3N2O2S. The van der Waals surface area contributed by atoms with Crippen molar-refractivity contribution in [2.45, 2.75) is 18.0 Å². The quantitative estimate of drug-likeness (QED) is 0.670. The predicted molar refractivity (Wildman–Crippen MR) is 56.0 cm³/mol. The van der Waals surface area contributed by atoms with Gasteiger partial charge in [0.15, 0.2) is 0 Å². The van der Waals surface area contributed by atoms with Crippen molar-refractivity contribution in [2.24, 2.45) is 5.10 Å². The average Bonchev–Trinajstić information content (AvgIpc) is 2.15. The molecule has 1 rings (SSSR count). The van der Waals surface area contributed by atoms with Crippen molar-refractivity contribution in [3.8, 4) is 0 Å². The van der Waals surface area contributed by atoms with Gasteiger partial charge in [0.2, 0.25) is 0 Å². The highest BCUT2D eigenvalue weighted by atomic mass is 32.2. The maximum atomic E-state index is 11.7. The molecule has 0 saturated carbocycles. The number of halogens is 3. The number of rotatable bonds is 3. The molecule has 0 saturated heterocycles. The Balaban J connectivity index is 2.83. The Labute approximate surface area is 96.2 Å². The molecule has 0 atom stereocenters. The molecular weight excluding hydrogens is 257 g/mol. The maximum Gasteiger partial charge on any atom is 0.428 e. The van der Waals surface area contributed by atoms with Gasteiger partial charge in [-0.1, -0.05) is 17.7 Å². The van der Waals surface area contributed by atoms with Crippen LogP contribution < -0.4 is 4.83 Å². The second-order valence-corrected chi connectivity index (χ2v) is 4.87. The summed E-state index contributed by atoms with van der Waals surface area (Å²) in [5, 5.41) is 2.63. The molecule has 1 aromatic carbocycles. The van der Waals surface area contributed by atoms with E-state index in [-0.39, 0.29) is 4.90 Å². The van der Waals surface area contributed by atoms with Crippen LogP contribution in [0.1, 0.15) is 5.56 Å². The number of alkyl halides is 3. The first kappa shape index (κ1) is 13.5. The zero-order valence-electron chi connectivity index (χ0n) is 8.69. The van der Waals surface area contributed by atoms with Crippen LogP contribution in [0.5, 0.6) is 0 Å². The number of benzene rings is 1. The monoisotopic (exact) mass is 266 g/mol. The lowest BCUT2D eigenvalue weighted by Gasteiger charge is -2.03. The summed E-state index contributed by atoms with van der Waals surface area (Å²) in [5.74, 6) is 0. The van der Waals surface area contributed by atoms with Crippen molar-refractivity contribution in [3.05, 3.63) is 29.8 Å². The minimum atomic E-state index is -4.66. The summed E-state index contributed by atoms with van der Waals surface area (Å²) in [5.41, 5.74) is 0.836. The molecule has 0 aliphatic heterocycles. The molecule has 0 heterocycles. The van der Waals surface area contributed by atoms with Gasteiger partial charge in [-0.15, -0.1) is 0 Å². The highest BCUT2D eigenvalue weighted by Gasteiger charge is 2.24. The summed E-state index contributed by atoms with van der Waals surface area (Å²) in [6.07, 6.45) is -5.09. The molecule has 94 valence electrons. The van der Waals surface area contributed by atoms with Gasteiger partial charge in [-0.05, 0) is 19.1 Å². The first-order valence-electron chi connectivity index (χ1n) is 4.40. The van der Waals surface area contributed by atoms with Crippen LogP contribution in [0.25, 0.3) is 0 Å². The van der Waals surface area contributed by atoms with E-state index in [2.05, 4.69) is 5.10 Å². The van der Waals surface area contributed by atoms with E-state index in [0.29, 0.717) is 0 Å². The number of nitrogens with one attached hydrogen (secondary N) is 1. The van der Waals surface area contributed by atoms with Crippen LogP contribution in [-0.2, 0) is 10.0 Å². The molecule has 8 heteroatoms. The van der Waals surface area contributed by atoms with Gasteiger partial charge in [0, 0.05) is 0 Å². The lowest BCUT2D eigenvalue weighted by Crippen LogP contribution is -2.20. The van der Waals surface area contributed by atoms with E-state index in [1.807, 2.05) is 0 Å². The molecule has 1 N–H and O–H groups in total. The molecule has 0 unspecified atom stereocenters. The van der Waals surface area contributed by atoms with Crippen LogP contribution in [-0.4, -0.2) is 20.8 Å². The standard InChI is InChI=1S/C9H9F3N2O2S/c1-7-2-4-8(5-3-7)17(15,16)14-13-6-9(10,11)12/h2-6,14H,1H3/b13-6-. The second kappa shape index (κ2) is 4.74. The summed E-state index contributed by atoms with van der Waals surface area (Å²) in [4.78, 5) is 1.32. The van der Waals surface area contributed by atoms with Gasteiger partial charge in [0.05, 0.1) is 4.90 Å². The largest absolute Gasteiger partial charge is 0.428 e. The van der Waals surface area contributed by atoms with Crippen molar-refractivity contribution in [1.29, 1.82) is 0 Å². The highest BCUT2D eigenvalue weighted by Crippen LogP contribution is 2.12. The average molecular weight is 266 g/mol.